The van der Waals surface area contributed by atoms with Crippen molar-refractivity contribution < 1.29 is 13.2 Å². The van der Waals surface area contributed by atoms with Crippen LogP contribution in [0.3, 0.4) is 0 Å². The fourth-order valence-electron chi connectivity index (χ4n) is 1.19. The highest BCUT2D eigenvalue weighted by molar-refractivity contribution is 9.10. The molecule has 0 unspecified atom stereocenters. The van der Waals surface area contributed by atoms with E-state index < -0.39 is 10.0 Å². The standard InChI is InChI=1S/C11H13BrN2O3S/c1-7(2)6-14-11(15)8-3-9(12)5-10(4-8)18(13,16)17/h3-5H,1,6H2,2H3,(H,14,15)(H2,13,16,17). The van der Waals surface area contributed by atoms with E-state index in [4.69, 9.17) is 5.14 Å². The predicted octanol–water partition coefficient (Wildman–Crippen LogP) is 1.40. The van der Waals surface area contributed by atoms with Gasteiger partial charge in [-0.05, 0) is 25.1 Å². The van der Waals surface area contributed by atoms with Crippen molar-refractivity contribution in [1.82, 2.24) is 5.32 Å². The third-order valence-corrected chi connectivity index (χ3v) is 3.36. The van der Waals surface area contributed by atoms with Gasteiger partial charge in [0, 0.05) is 16.6 Å². The third-order valence-electron chi connectivity index (χ3n) is 2.01. The first-order valence-corrected chi connectivity index (χ1v) is 7.30. The van der Waals surface area contributed by atoms with Gasteiger partial charge in [0.05, 0.1) is 4.90 Å². The Morgan fingerprint density at radius 3 is 2.56 bits per heavy atom. The zero-order valence-corrected chi connectivity index (χ0v) is 12.1. The second-order valence-corrected chi connectivity index (χ2v) is 6.34. The fraction of sp³-hybridized carbons (Fsp3) is 0.182. The van der Waals surface area contributed by atoms with Gasteiger partial charge in [-0.2, -0.15) is 0 Å². The van der Waals surface area contributed by atoms with E-state index in [1.165, 1.54) is 18.2 Å². The van der Waals surface area contributed by atoms with Crippen molar-refractivity contribution in [3.8, 4) is 0 Å². The molecular formula is C11H13BrN2O3S. The van der Waals surface area contributed by atoms with Crippen LogP contribution in [-0.2, 0) is 10.0 Å². The van der Waals surface area contributed by atoms with Gasteiger partial charge in [-0.3, -0.25) is 4.79 Å². The number of primary sulfonamides is 1. The summed E-state index contributed by atoms with van der Waals surface area (Å²) in [6.45, 7) is 5.76. The summed E-state index contributed by atoms with van der Waals surface area (Å²) in [4.78, 5) is 11.7. The number of carbonyl (C=O) groups is 1. The smallest absolute Gasteiger partial charge is 0.251 e. The second-order valence-electron chi connectivity index (χ2n) is 3.86. The molecule has 0 bridgehead atoms. The topological polar surface area (TPSA) is 89.3 Å². The lowest BCUT2D eigenvalue weighted by atomic mass is 10.2. The third kappa shape index (κ3) is 4.25. The van der Waals surface area contributed by atoms with Crippen LogP contribution in [0.2, 0.25) is 0 Å². The van der Waals surface area contributed by atoms with Crippen LogP contribution in [0.15, 0.2) is 39.7 Å². The van der Waals surface area contributed by atoms with Crippen molar-refractivity contribution in [3.05, 3.63) is 40.4 Å². The van der Waals surface area contributed by atoms with Crippen molar-refractivity contribution in [2.45, 2.75) is 11.8 Å². The van der Waals surface area contributed by atoms with E-state index in [1.807, 2.05) is 0 Å². The molecule has 0 radical (unpaired) electrons. The number of hydrogen-bond acceptors (Lipinski definition) is 3. The van der Waals surface area contributed by atoms with Crippen molar-refractivity contribution >= 4 is 31.9 Å². The van der Waals surface area contributed by atoms with Crippen LogP contribution in [0.25, 0.3) is 0 Å². The highest BCUT2D eigenvalue weighted by Gasteiger charge is 2.13. The molecule has 5 nitrogen and oxygen atoms in total. The molecule has 1 aromatic carbocycles. The largest absolute Gasteiger partial charge is 0.348 e. The maximum Gasteiger partial charge on any atom is 0.251 e. The molecule has 7 heteroatoms. The molecule has 0 saturated heterocycles. The Morgan fingerprint density at radius 2 is 2.06 bits per heavy atom. The van der Waals surface area contributed by atoms with Gasteiger partial charge < -0.3 is 5.32 Å². The number of nitrogens with two attached hydrogens (primary N) is 1. The quantitative estimate of drug-likeness (QED) is 0.816. The average molecular weight is 333 g/mol. The average Bonchev–Trinajstić information content (AvgIpc) is 2.23. The Morgan fingerprint density at radius 1 is 1.44 bits per heavy atom. The molecule has 0 atom stereocenters. The highest BCUT2D eigenvalue weighted by Crippen LogP contribution is 2.18. The SMILES string of the molecule is C=C(C)CNC(=O)c1cc(Br)cc(S(N)(=O)=O)c1. The van der Waals surface area contributed by atoms with Crippen LogP contribution in [-0.4, -0.2) is 20.9 Å². The number of sulfonamides is 1. The lowest BCUT2D eigenvalue weighted by Gasteiger charge is -2.07. The minimum absolute atomic E-state index is 0.114. The zero-order valence-electron chi connectivity index (χ0n) is 9.73. The number of hydrogen-bond donors (Lipinski definition) is 2. The highest BCUT2D eigenvalue weighted by atomic mass is 79.9. The molecule has 0 heterocycles. The molecule has 0 aliphatic heterocycles. The molecule has 0 saturated carbocycles. The van der Waals surface area contributed by atoms with E-state index in [9.17, 15) is 13.2 Å². The van der Waals surface area contributed by atoms with Gasteiger partial charge in [-0.25, -0.2) is 13.6 Å². The lowest BCUT2D eigenvalue weighted by Crippen LogP contribution is -2.25. The number of benzene rings is 1. The zero-order chi connectivity index (χ0) is 13.9. The summed E-state index contributed by atoms with van der Waals surface area (Å²) in [5.41, 5.74) is 1.01. The first-order valence-electron chi connectivity index (χ1n) is 4.96. The summed E-state index contributed by atoms with van der Waals surface area (Å²) in [5.74, 6) is -0.385. The maximum absolute atomic E-state index is 11.8. The van der Waals surface area contributed by atoms with Crippen molar-refractivity contribution in [3.63, 3.8) is 0 Å². The van der Waals surface area contributed by atoms with E-state index in [1.54, 1.807) is 6.92 Å². The van der Waals surface area contributed by atoms with Crippen LogP contribution >= 0.6 is 15.9 Å². The van der Waals surface area contributed by atoms with Gasteiger partial charge in [0.2, 0.25) is 10.0 Å². The van der Waals surface area contributed by atoms with Crippen molar-refractivity contribution in [2.24, 2.45) is 5.14 Å². The lowest BCUT2D eigenvalue weighted by molar-refractivity contribution is 0.0956. The Kier molecular flexibility index (Phi) is 4.66. The number of halogens is 1. The minimum Gasteiger partial charge on any atom is -0.348 e. The normalized spacial score (nSPS) is 11.1. The Labute approximate surface area is 114 Å². The summed E-state index contributed by atoms with van der Waals surface area (Å²) >= 11 is 3.14. The fourth-order valence-corrected chi connectivity index (χ4v) is 2.42. The molecular weight excluding hydrogens is 320 g/mol. The van der Waals surface area contributed by atoms with E-state index in [0.29, 0.717) is 11.0 Å². The maximum atomic E-state index is 11.8. The van der Waals surface area contributed by atoms with E-state index in [2.05, 4.69) is 27.8 Å². The summed E-state index contributed by atoms with van der Waals surface area (Å²) in [5, 5.41) is 7.63. The summed E-state index contributed by atoms with van der Waals surface area (Å²) in [6, 6.07) is 4.08. The van der Waals surface area contributed by atoms with Crippen LogP contribution in [0.4, 0.5) is 0 Å². The number of rotatable bonds is 4. The van der Waals surface area contributed by atoms with Crippen molar-refractivity contribution in [1.29, 1.82) is 0 Å². The van der Waals surface area contributed by atoms with E-state index >= 15 is 0 Å². The van der Waals surface area contributed by atoms with Gasteiger partial charge in [0.25, 0.3) is 5.91 Å². The molecule has 18 heavy (non-hydrogen) atoms. The summed E-state index contributed by atoms with van der Waals surface area (Å²) in [6.07, 6.45) is 0. The van der Waals surface area contributed by atoms with Gasteiger partial charge in [-0.1, -0.05) is 28.1 Å². The van der Waals surface area contributed by atoms with E-state index in [-0.39, 0.29) is 16.4 Å². The molecule has 0 aliphatic rings. The second kappa shape index (κ2) is 5.64. The molecule has 3 N–H and O–H groups in total. The molecule has 0 aliphatic carbocycles. The number of carbonyl (C=O) groups excluding carboxylic acids is 1. The molecule has 1 aromatic rings. The van der Waals surface area contributed by atoms with Crippen LogP contribution in [0.1, 0.15) is 17.3 Å². The first kappa shape index (κ1) is 14.9. The molecule has 1 rings (SSSR count). The summed E-state index contributed by atoms with van der Waals surface area (Å²) in [7, 11) is -3.84. The molecule has 0 fully saturated rings. The Hall–Kier alpha value is -1.18. The number of nitrogens with one attached hydrogen (secondary N) is 1. The molecule has 1 amide bonds. The molecule has 0 spiro atoms. The van der Waals surface area contributed by atoms with Gasteiger partial charge in [0.15, 0.2) is 0 Å². The van der Waals surface area contributed by atoms with Crippen LogP contribution in [0, 0.1) is 0 Å². The summed E-state index contributed by atoms with van der Waals surface area (Å²) < 4.78 is 22.9. The number of amides is 1. The van der Waals surface area contributed by atoms with Crippen molar-refractivity contribution in [2.75, 3.05) is 6.54 Å². The van der Waals surface area contributed by atoms with Crippen LogP contribution < -0.4 is 10.5 Å². The van der Waals surface area contributed by atoms with Crippen LogP contribution in [0.5, 0.6) is 0 Å². The van der Waals surface area contributed by atoms with E-state index in [0.717, 1.165) is 5.57 Å². The minimum atomic E-state index is -3.84. The predicted molar refractivity (Wildman–Crippen MR) is 72.7 cm³/mol. The van der Waals surface area contributed by atoms with Gasteiger partial charge in [-0.15, -0.1) is 0 Å². The van der Waals surface area contributed by atoms with Gasteiger partial charge >= 0.3 is 0 Å². The van der Waals surface area contributed by atoms with Gasteiger partial charge in [0.1, 0.15) is 0 Å². The Balaban J connectivity index is 3.07. The first-order chi connectivity index (χ1) is 8.20. The monoisotopic (exact) mass is 332 g/mol. The Bertz CT molecular complexity index is 596. The molecule has 0 aromatic heterocycles. The molecule has 98 valence electrons.